The van der Waals surface area contributed by atoms with Crippen LogP contribution < -0.4 is 5.32 Å². The van der Waals surface area contributed by atoms with Gasteiger partial charge in [-0.25, -0.2) is 12.7 Å². The average Bonchev–Trinajstić information content (AvgIpc) is 2.66. The molecule has 3 rings (SSSR count). The Labute approximate surface area is 178 Å². The summed E-state index contributed by atoms with van der Waals surface area (Å²) in [4.78, 5) is 12.9. The quantitative estimate of drug-likeness (QED) is 0.756. The van der Waals surface area contributed by atoms with Crippen molar-refractivity contribution in [1.82, 2.24) is 4.31 Å². The average molecular weight is 435 g/mol. The Hall–Kier alpha value is -1.89. The van der Waals surface area contributed by atoms with E-state index in [4.69, 9.17) is 11.6 Å². The summed E-state index contributed by atoms with van der Waals surface area (Å²) in [5.41, 5.74) is 4.56. The number of nitrogens with zero attached hydrogens (tertiary/aromatic N) is 1. The Bertz CT molecular complexity index is 997. The molecule has 0 aromatic heterocycles. The lowest BCUT2D eigenvalue weighted by molar-refractivity contribution is -0.120. The minimum absolute atomic E-state index is 0.127. The van der Waals surface area contributed by atoms with Gasteiger partial charge in [0.25, 0.3) is 0 Å². The zero-order chi connectivity index (χ0) is 21.2. The highest BCUT2D eigenvalue weighted by molar-refractivity contribution is 7.88. The molecular formula is C22H27ClN2O3S. The van der Waals surface area contributed by atoms with Gasteiger partial charge in [-0.3, -0.25) is 4.79 Å². The number of carbonyl (C=O) groups excluding carboxylic acids is 1. The first-order valence-electron chi connectivity index (χ1n) is 9.77. The fourth-order valence-electron chi connectivity index (χ4n) is 3.91. The predicted octanol–water partition coefficient (Wildman–Crippen LogP) is 4.45. The number of hydrogen-bond donors (Lipinski definition) is 1. The number of aryl methyl sites for hydroxylation is 3. The maximum absolute atomic E-state index is 12.9. The standard InChI is InChI=1S/C22H27ClN2O3S/c1-15-11-16(2)21(17(3)12-15)24-22(26)18-8-6-10-25(13-18)29(27,28)14-19-7-4-5-9-20(19)23/h4-5,7,9,11-12,18H,6,8,10,13-14H2,1-3H3,(H,24,26)/t18-/m0/s1. The van der Waals surface area contributed by atoms with Crippen molar-refractivity contribution in [1.29, 1.82) is 0 Å². The molecule has 1 saturated heterocycles. The van der Waals surface area contributed by atoms with E-state index in [-0.39, 0.29) is 24.1 Å². The third-order valence-corrected chi connectivity index (χ3v) is 7.53. The van der Waals surface area contributed by atoms with Gasteiger partial charge >= 0.3 is 0 Å². The van der Waals surface area contributed by atoms with Crippen LogP contribution in [-0.2, 0) is 20.6 Å². The first-order chi connectivity index (χ1) is 13.7. The van der Waals surface area contributed by atoms with Gasteiger partial charge in [-0.15, -0.1) is 0 Å². The topological polar surface area (TPSA) is 66.5 Å². The fraction of sp³-hybridized carbons (Fsp3) is 0.409. The molecule has 1 fully saturated rings. The number of benzene rings is 2. The maximum atomic E-state index is 12.9. The number of sulfonamides is 1. The Morgan fingerprint density at radius 2 is 1.83 bits per heavy atom. The Kier molecular flexibility index (Phi) is 6.66. The fourth-order valence-corrected chi connectivity index (χ4v) is 5.84. The molecule has 1 aliphatic heterocycles. The molecule has 2 aromatic rings. The highest BCUT2D eigenvalue weighted by atomic mass is 35.5. The van der Waals surface area contributed by atoms with Crippen LogP contribution in [0.1, 0.15) is 35.1 Å². The van der Waals surface area contributed by atoms with Crippen LogP contribution in [0, 0.1) is 26.7 Å². The summed E-state index contributed by atoms with van der Waals surface area (Å²) in [6.07, 6.45) is 1.33. The first-order valence-corrected chi connectivity index (χ1v) is 11.8. The number of nitrogens with one attached hydrogen (secondary N) is 1. The second kappa shape index (κ2) is 8.86. The number of halogens is 1. The minimum Gasteiger partial charge on any atom is -0.325 e. The van der Waals surface area contributed by atoms with Crippen molar-refractivity contribution in [3.05, 3.63) is 63.7 Å². The normalized spacial score (nSPS) is 17.9. The molecule has 1 atom stereocenters. The van der Waals surface area contributed by atoms with Crippen molar-refractivity contribution >= 4 is 33.2 Å². The molecule has 1 aliphatic rings. The van der Waals surface area contributed by atoms with E-state index in [1.165, 1.54) is 4.31 Å². The van der Waals surface area contributed by atoms with E-state index < -0.39 is 10.0 Å². The number of rotatable bonds is 5. The molecule has 29 heavy (non-hydrogen) atoms. The van der Waals surface area contributed by atoms with Gasteiger partial charge in [0.2, 0.25) is 15.9 Å². The second-order valence-electron chi connectivity index (χ2n) is 7.81. The number of amides is 1. The van der Waals surface area contributed by atoms with Crippen molar-refractivity contribution in [2.75, 3.05) is 18.4 Å². The third-order valence-electron chi connectivity index (χ3n) is 5.37. The summed E-state index contributed by atoms with van der Waals surface area (Å²) in [6, 6.07) is 11.0. The van der Waals surface area contributed by atoms with Crippen LogP contribution in [0.15, 0.2) is 36.4 Å². The van der Waals surface area contributed by atoms with Crippen LogP contribution in [0.4, 0.5) is 5.69 Å². The molecule has 2 aromatic carbocycles. The van der Waals surface area contributed by atoms with Crippen LogP contribution in [0.2, 0.25) is 5.02 Å². The van der Waals surface area contributed by atoms with Crippen molar-refractivity contribution in [2.24, 2.45) is 5.92 Å². The van der Waals surface area contributed by atoms with E-state index in [2.05, 4.69) is 5.32 Å². The molecule has 0 unspecified atom stereocenters. The molecule has 1 amide bonds. The van der Waals surface area contributed by atoms with Crippen molar-refractivity contribution in [3.8, 4) is 0 Å². The molecule has 5 nitrogen and oxygen atoms in total. The number of hydrogen-bond acceptors (Lipinski definition) is 3. The molecule has 7 heteroatoms. The SMILES string of the molecule is Cc1cc(C)c(NC(=O)[C@H]2CCCN(S(=O)(=O)Cc3ccccc3Cl)C2)c(C)c1. The molecule has 0 aliphatic carbocycles. The van der Waals surface area contributed by atoms with Gasteiger partial charge in [0.1, 0.15) is 0 Å². The van der Waals surface area contributed by atoms with Crippen molar-refractivity contribution < 1.29 is 13.2 Å². The van der Waals surface area contributed by atoms with Crippen molar-refractivity contribution in [2.45, 2.75) is 39.4 Å². The van der Waals surface area contributed by atoms with Crippen LogP contribution in [0.5, 0.6) is 0 Å². The number of anilines is 1. The zero-order valence-corrected chi connectivity index (χ0v) is 18.6. The van der Waals surface area contributed by atoms with Gasteiger partial charge in [0, 0.05) is 23.8 Å². The second-order valence-corrected chi connectivity index (χ2v) is 10.2. The largest absolute Gasteiger partial charge is 0.325 e. The minimum atomic E-state index is -3.55. The van der Waals surface area contributed by atoms with Crippen LogP contribution in [-0.4, -0.2) is 31.7 Å². The molecule has 0 spiro atoms. The molecule has 0 radical (unpaired) electrons. The highest BCUT2D eigenvalue weighted by Crippen LogP contribution is 2.27. The highest BCUT2D eigenvalue weighted by Gasteiger charge is 2.33. The van der Waals surface area contributed by atoms with Gasteiger partial charge in [-0.05, 0) is 56.4 Å². The number of carbonyl (C=O) groups is 1. The van der Waals surface area contributed by atoms with Crippen molar-refractivity contribution in [3.63, 3.8) is 0 Å². The maximum Gasteiger partial charge on any atom is 0.228 e. The van der Waals surface area contributed by atoms with Crippen LogP contribution in [0.3, 0.4) is 0 Å². The molecule has 0 saturated carbocycles. The summed E-state index contributed by atoms with van der Waals surface area (Å²) in [7, 11) is -3.55. The summed E-state index contributed by atoms with van der Waals surface area (Å²) in [6.45, 7) is 6.59. The lowest BCUT2D eigenvalue weighted by atomic mass is 9.98. The van der Waals surface area contributed by atoms with E-state index in [9.17, 15) is 13.2 Å². The smallest absolute Gasteiger partial charge is 0.228 e. The molecule has 156 valence electrons. The predicted molar refractivity (Wildman–Crippen MR) is 118 cm³/mol. The zero-order valence-electron chi connectivity index (χ0n) is 17.0. The molecular weight excluding hydrogens is 408 g/mol. The summed E-state index contributed by atoms with van der Waals surface area (Å²) in [5, 5.41) is 3.46. The first kappa shape index (κ1) is 21.8. The van der Waals surface area contributed by atoms with Crippen LogP contribution in [0.25, 0.3) is 0 Å². The number of piperidine rings is 1. The van der Waals surface area contributed by atoms with Gasteiger partial charge in [-0.1, -0.05) is 47.5 Å². The Morgan fingerprint density at radius 1 is 1.17 bits per heavy atom. The Morgan fingerprint density at radius 3 is 2.48 bits per heavy atom. The van der Waals surface area contributed by atoms with Crippen LogP contribution >= 0.6 is 11.6 Å². The van der Waals surface area contributed by atoms with E-state index in [0.717, 1.165) is 22.4 Å². The third kappa shape index (κ3) is 5.18. The summed E-state index contributed by atoms with van der Waals surface area (Å²) >= 11 is 6.13. The lowest BCUT2D eigenvalue weighted by Gasteiger charge is -2.31. The van der Waals surface area contributed by atoms with Gasteiger partial charge < -0.3 is 5.32 Å². The van der Waals surface area contributed by atoms with E-state index >= 15 is 0 Å². The van der Waals surface area contributed by atoms with Gasteiger partial charge in [-0.2, -0.15) is 0 Å². The summed E-state index contributed by atoms with van der Waals surface area (Å²) < 4.78 is 27.3. The van der Waals surface area contributed by atoms with Gasteiger partial charge in [0.15, 0.2) is 0 Å². The lowest BCUT2D eigenvalue weighted by Crippen LogP contribution is -2.44. The Balaban J connectivity index is 1.72. The molecule has 1 N–H and O–H groups in total. The monoisotopic (exact) mass is 434 g/mol. The van der Waals surface area contributed by atoms with E-state index in [1.807, 2.05) is 32.9 Å². The van der Waals surface area contributed by atoms with E-state index in [0.29, 0.717) is 30.0 Å². The molecule has 1 heterocycles. The van der Waals surface area contributed by atoms with E-state index in [1.54, 1.807) is 24.3 Å². The van der Waals surface area contributed by atoms with Gasteiger partial charge in [0.05, 0.1) is 11.7 Å². The summed E-state index contributed by atoms with van der Waals surface area (Å²) in [5.74, 6) is -0.653. The molecule has 0 bridgehead atoms.